The highest BCUT2D eigenvalue weighted by Gasteiger charge is 2.16. The summed E-state index contributed by atoms with van der Waals surface area (Å²) in [6.07, 6.45) is 3.85. The maximum atomic E-state index is 11.6. The third-order valence-corrected chi connectivity index (χ3v) is 2.44. The average molecular weight is 214 g/mol. The highest BCUT2D eigenvalue weighted by atomic mass is 16.1. The van der Waals surface area contributed by atoms with Gasteiger partial charge in [0.25, 0.3) is 0 Å². The fourth-order valence-corrected chi connectivity index (χ4v) is 1.64. The number of hydrogen-bond donors (Lipinski definition) is 2. The summed E-state index contributed by atoms with van der Waals surface area (Å²) in [6, 6.07) is 0.446. The molecule has 0 radical (unpaired) electrons. The van der Waals surface area contributed by atoms with E-state index < -0.39 is 0 Å². The molecule has 15 heavy (non-hydrogen) atoms. The van der Waals surface area contributed by atoms with Crippen LogP contribution in [0.3, 0.4) is 0 Å². The molecular formula is C12H26N2O. The predicted molar refractivity (Wildman–Crippen MR) is 65.1 cm³/mol. The molecular weight excluding hydrogens is 188 g/mol. The van der Waals surface area contributed by atoms with Crippen molar-refractivity contribution in [3.05, 3.63) is 0 Å². The Kier molecular flexibility index (Phi) is 8.62. The lowest BCUT2D eigenvalue weighted by molar-refractivity contribution is -0.121. The van der Waals surface area contributed by atoms with Gasteiger partial charge in [-0.2, -0.15) is 0 Å². The molecule has 0 saturated carbocycles. The van der Waals surface area contributed by atoms with Gasteiger partial charge in [-0.1, -0.05) is 27.2 Å². The van der Waals surface area contributed by atoms with Crippen molar-refractivity contribution in [1.29, 1.82) is 0 Å². The van der Waals surface area contributed by atoms with Gasteiger partial charge in [0.05, 0.1) is 6.04 Å². The minimum absolute atomic E-state index is 0.0619. The number of nitrogens with one attached hydrogen (secondary N) is 2. The van der Waals surface area contributed by atoms with Crippen molar-refractivity contribution in [2.75, 3.05) is 13.6 Å². The van der Waals surface area contributed by atoms with Crippen molar-refractivity contribution in [1.82, 2.24) is 10.6 Å². The van der Waals surface area contributed by atoms with Gasteiger partial charge in [-0.3, -0.25) is 4.79 Å². The Morgan fingerprint density at radius 1 is 1.27 bits per heavy atom. The van der Waals surface area contributed by atoms with Crippen molar-refractivity contribution in [3.63, 3.8) is 0 Å². The Labute approximate surface area is 94.0 Å². The lowest BCUT2D eigenvalue weighted by Gasteiger charge is -2.19. The van der Waals surface area contributed by atoms with Gasteiger partial charge in [-0.05, 0) is 26.4 Å². The van der Waals surface area contributed by atoms with Gasteiger partial charge in [-0.15, -0.1) is 0 Å². The second-order valence-electron chi connectivity index (χ2n) is 4.29. The van der Waals surface area contributed by atoms with Crippen LogP contribution in [0.2, 0.25) is 0 Å². The molecule has 0 aliphatic heterocycles. The molecule has 0 aromatic rings. The van der Waals surface area contributed by atoms with Crippen LogP contribution in [0.5, 0.6) is 0 Å². The fourth-order valence-electron chi connectivity index (χ4n) is 1.64. The molecule has 0 rings (SSSR count). The van der Waals surface area contributed by atoms with E-state index in [0.717, 1.165) is 25.8 Å². The summed E-state index contributed by atoms with van der Waals surface area (Å²) in [7, 11) is 1.96. The Morgan fingerprint density at radius 3 is 2.40 bits per heavy atom. The van der Waals surface area contributed by atoms with E-state index in [1.807, 2.05) is 14.0 Å². The molecule has 2 N–H and O–H groups in total. The lowest BCUT2D eigenvalue weighted by atomic mass is 10.0. The predicted octanol–water partition coefficient (Wildman–Crippen LogP) is 1.72. The van der Waals surface area contributed by atoms with Crippen molar-refractivity contribution in [3.8, 4) is 0 Å². The molecule has 0 aromatic heterocycles. The Morgan fingerprint density at radius 2 is 1.93 bits per heavy atom. The van der Waals surface area contributed by atoms with E-state index in [2.05, 4.69) is 24.5 Å². The summed E-state index contributed by atoms with van der Waals surface area (Å²) in [5, 5.41) is 6.46. The number of ketones is 1. The first kappa shape index (κ1) is 14.6. The van der Waals surface area contributed by atoms with Crippen LogP contribution in [0.1, 0.15) is 46.5 Å². The third-order valence-electron chi connectivity index (χ3n) is 2.44. The molecule has 0 fully saturated rings. The molecule has 3 heteroatoms. The van der Waals surface area contributed by atoms with E-state index in [4.69, 9.17) is 0 Å². The molecule has 0 amide bonds. The average Bonchev–Trinajstić information content (AvgIpc) is 2.21. The SMILES string of the molecule is CCC(=O)C(CCCCNC)NC(C)C. The number of unbranched alkanes of at least 4 members (excludes halogenated alkanes) is 1. The van der Waals surface area contributed by atoms with Gasteiger partial charge in [0.2, 0.25) is 0 Å². The molecule has 0 aromatic carbocycles. The molecule has 90 valence electrons. The zero-order valence-corrected chi connectivity index (χ0v) is 10.6. The molecule has 0 heterocycles. The second-order valence-corrected chi connectivity index (χ2v) is 4.29. The minimum Gasteiger partial charge on any atom is -0.320 e. The van der Waals surface area contributed by atoms with E-state index in [1.165, 1.54) is 0 Å². The van der Waals surface area contributed by atoms with E-state index >= 15 is 0 Å². The van der Waals surface area contributed by atoms with Gasteiger partial charge < -0.3 is 10.6 Å². The first-order valence-electron chi connectivity index (χ1n) is 6.05. The van der Waals surface area contributed by atoms with E-state index in [9.17, 15) is 4.79 Å². The Bertz CT molecular complexity index is 169. The Hall–Kier alpha value is -0.410. The summed E-state index contributed by atoms with van der Waals surface area (Å²) in [4.78, 5) is 11.6. The van der Waals surface area contributed by atoms with Gasteiger partial charge >= 0.3 is 0 Å². The first-order chi connectivity index (χ1) is 7.11. The summed E-state index contributed by atoms with van der Waals surface area (Å²) in [6.45, 7) is 7.15. The number of Topliss-reactive ketones (excluding diaryl/α,β-unsaturated/α-hetero) is 1. The number of carbonyl (C=O) groups is 1. The molecule has 0 spiro atoms. The number of hydrogen-bond acceptors (Lipinski definition) is 3. The van der Waals surface area contributed by atoms with E-state index in [-0.39, 0.29) is 6.04 Å². The van der Waals surface area contributed by atoms with Crippen LogP contribution in [0, 0.1) is 0 Å². The van der Waals surface area contributed by atoms with Crippen molar-refractivity contribution >= 4 is 5.78 Å². The van der Waals surface area contributed by atoms with Gasteiger partial charge in [0.1, 0.15) is 5.78 Å². The summed E-state index contributed by atoms with van der Waals surface area (Å²) < 4.78 is 0. The van der Waals surface area contributed by atoms with Crippen LogP contribution in [-0.2, 0) is 4.79 Å². The normalized spacial score (nSPS) is 13.1. The van der Waals surface area contributed by atoms with Crippen molar-refractivity contribution < 1.29 is 4.79 Å². The molecule has 0 aliphatic carbocycles. The van der Waals surface area contributed by atoms with Crippen LogP contribution < -0.4 is 10.6 Å². The molecule has 0 bridgehead atoms. The maximum absolute atomic E-state index is 11.6. The first-order valence-corrected chi connectivity index (χ1v) is 6.05. The Balaban J connectivity index is 3.85. The summed E-state index contributed by atoms with van der Waals surface area (Å²) in [5.41, 5.74) is 0. The van der Waals surface area contributed by atoms with Crippen LogP contribution in [-0.4, -0.2) is 31.5 Å². The zero-order chi connectivity index (χ0) is 11.7. The lowest BCUT2D eigenvalue weighted by Crippen LogP contribution is -2.40. The number of rotatable bonds is 9. The largest absolute Gasteiger partial charge is 0.320 e. The van der Waals surface area contributed by atoms with Crippen LogP contribution >= 0.6 is 0 Å². The van der Waals surface area contributed by atoms with Crippen molar-refractivity contribution in [2.45, 2.75) is 58.5 Å². The van der Waals surface area contributed by atoms with Gasteiger partial charge in [-0.25, -0.2) is 0 Å². The van der Waals surface area contributed by atoms with E-state index in [1.54, 1.807) is 0 Å². The molecule has 1 atom stereocenters. The number of carbonyl (C=O) groups excluding carboxylic acids is 1. The van der Waals surface area contributed by atoms with Crippen LogP contribution in [0.15, 0.2) is 0 Å². The topological polar surface area (TPSA) is 41.1 Å². The standard InChI is InChI=1S/C12H26N2O/c1-5-12(15)11(14-10(2)3)8-6-7-9-13-4/h10-11,13-14H,5-9H2,1-4H3. The smallest absolute Gasteiger partial charge is 0.149 e. The van der Waals surface area contributed by atoms with Crippen LogP contribution in [0.25, 0.3) is 0 Å². The fraction of sp³-hybridized carbons (Fsp3) is 0.917. The third kappa shape index (κ3) is 7.51. The maximum Gasteiger partial charge on any atom is 0.149 e. The van der Waals surface area contributed by atoms with Gasteiger partial charge in [0, 0.05) is 12.5 Å². The minimum atomic E-state index is 0.0619. The molecule has 1 unspecified atom stereocenters. The van der Waals surface area contributed by atoms with Crippen LogP contribution in [0.4, 0.5) is 0 Å². The zero-order valence-electron chi connectivity index (χ0n) is 10.6. The highest BCUT2D eigenvalue weighted by Crippen LogP contribution is 2.05. The van der Waals surface area contributed by atoms with E-state index in [0.29, 0.717) is 18.2 Å². The van der Waals surface area contributed by atoms with Gasteiger partial charge in [0.15, 0.2) is 0 Å². The monoisotopic (exact) mass is 214 g/mol. The molecule has 0 saturated heterocycles. The summed E-state index contributed by atoms with van der Waals surface area (Å²) >= 11 is 0. The second kappa shape index (κ2) is 8.86. The van der Waals surface area contributed by atoms with Crippen molar-refractivity contribution in [2.24, 2.45) is 0 Å². The highest BCUT2D eigenvalue weighted by molar-refractivity contribution is 5.83. The summed E-state index contributed by atoms with van der Waals surface area (Å²) in [5.74, 6) is 0.341. The molecule has 0 aliphatic rings. The molecule has 3 nitrogen and oxygen atoms in total. The quantitative estimate of drug-likeness (QED) is 0.574.